The number of rotatable bonds is 9. The zero-order valence-corrected chi connectivity index (χ0v) is 21.9. The van der Waals surface area contributed by atoms with Gasteiger partial charge in [0.2, 0.25) is 11.7 Å². The molecular weight excluding hydrogens is 568 g/mol. The average Bonchev–Trinajstić information content (AvgIpc) is 3.16. The minimum atomic E-state index is -0.804. The fourth-order valence-electron chi connectivity index (χ4n) is 3.52. The molecule has 204 valence electrons. The SMILES string of the molecule is COc1ccc(NC(=O)CN2C(=O)S/C(=C/c3cccc(Oc4ccc([N+](=O)[O-])cc4[N+](=O)[O-])c3)C2=O)cc1Cl. The topological polar surface area (TPSA) is 171 Å². The number of nitrogens with one attached hydrogen (secondary N) is 1. The van der Waals surface area contributed by atoms with E-state index >= 15 is 0 Å². The summed E-state index contributed by atoms with van der Waals surface area (Å²) >= 11 is 6.69. The van der Waals surface area contributed by atoms with E-state index in [0.717, 1.165) is 23.1 Å². The molecule has 0 aromatic heterocycles. The normalized spacial score (nSPS) is 13.8. The summed E-state index contributed by atoms with van der Waals surface area (Å²) < 4.78 is 10.6. The molecule has 1 aliphatic rings. The van der Waals surface area contributed by atoms with Crippen molar-refractivity contribution in [1.82, 2.24) is 4.90 Å². The molecular formula is C25H17ClN4O9S. The molecule has 1 fully saturated rings. The van der Waals surface area contributed by atoms with Gasteiger partial charge in [0.25, 0.3) is 16.8 Å². The Morgan fingerprint density at radius 2 is 1.80 bits per heavy atom. The molecule has 0 spiro atoms. The number of imide groups is 1. The van der Waals surface area contributed by atoms with Crippen LogP contribution in [0.25, 0.3) is 6.08 Å². The minimum absolute atomic E-state index is 0.0451. The van der Waals surface area contributed by atoms with Crippen molar-refractivity contribution in [3.05, 3.63) is 96.4 Å². The first-order valence-electron chi connectivity index (χ1n) is 11.1. The lowest BCUT2D eigenvalue weighted by Gasteiger charge is -2.13. The molecule has 3 aromatic carbocycles. The van der Waals surface area contributed by atoms with E-state index in [1.807, 2.05) is 0 Å². The number of ether oxygens (including phenoxy) is 2. The molecule has 1 heterocycles. The summed E-state index contributed by atoms with van der Waals surface area (Å²) in [6.07, 6.45) is 1.41. The van der Waals surface area contributed by atoms with Gasteiger partial charge in [0.1, 0.15) is 18.0 Å². The number of nitrogens with zero attached hydrogens (tertiary/aromatic N) is 3. The number of halogens is 1. The van der Waals surface area contributed by atoms with Crippen molar-refractivity contribution in [2.75, 3.05) is 19.0 Å². The Bertz CT molecular complexity index is 1590. The Morgan fingerprint density at radius 1 is 1.05 bits per heavy atom. The van der Waals surface area contributed by atoms with Crippen molar-refractivity contribution in [3.8, 4) is 17.2 Å². The molecule has 13 nitrogen and oxygen atoms in total. The molecule has 15 heteroatoms. The van der Waals surface area contributed by atoms with Gasteiger partial charge in [-0.05, 0) is 59.8 Å². The van der Waals surface area contributed by atoms with Crippen molar-refractivity contribution in [3.63, 3.8) is 0 Å². The molecule has 0 atom stereocenters. The molecule has 0 unspecified atom stereocenters. The predicted octanol–water partition coefficient (Wildman–Crippen LogP) is 5.63. The number of non-ortho nitro benzene ring substituents is 1. The lowest BCUT2D eigenvalue weighted by atomic mass is 10.2. The van der Waals surface area contributed by atoms with Gasteiger partial charge in [-0.15, -0.1) is 0 Å². The van der Waals surface area contributed by atoms with Crippen LogP contribution in [0.5, 0.6) is 17.2 Å². The number of amides is 3. The monoisotopic (exact) mass is 584 g/mol. The molecule has 3 aromatic rings. The summed E-state index contributed by atoms with van der Waals surface area (Å²) in [7, 11) is 1.45. The van der Waals surface area contributed by atoms with Gasteiger partial charge in [-0.3, -0.25) is 39.5 Å². The Hall–Kier alpha value is -4.95. The quantitative estimate of drug-likeness (QED) is 0.189. The highest BCUT2D eigenvalue weighted by atomic mass is 35.5. The van der Waals surface area contributed by atoms with Crippen LogP contribution in [-0.2, 0) is 9.59 Å². The number of carbonyl (C=O) groups excluding carboxylic acids is 3. The van der Waals surface area contributed by atoms with E-state index in [1.165, 1.54) is 31.4 Å². The zero-order valence-electron chi connectivity index (χ0n) is 20.4. The van der Waals surface area contributed by atoms with Gasteiger partial charge in [0.05, 0.1) is 33.0 Å². The number of nitro benzene ring substituents is 2. The highest BCUT2D eigenvalue weighted by Gasteiger charge is 2.36. The number of carbonyl (C=O) groups is 3. The van der Waals surface area contributed by atoms with Crippen LogP contribution in [-0.4, -0.2) is 45.5 Å². The summed E-state index contributed by atoms with van der Waals surface area (Å²) in [6, 6.07) is 13.6. The number of anilines is 1. The molecule has 0 bridgehead atoms. The Labute approximate surface area is 234 Å². The van der Waals surface area contributed by atoms with E-state index in [2.05, 4.69) is 5.32 Å². The smallest absolute Gasteiger partial charge is 0.318 e. The van der Waals surface area contributed by atoms with Crippen molar-refractivity contribution < 1.29 is 33.7 Å². The fraction of sp³-hybridized carbons (Fsp3) is 0.0800. The summed E-state index contributed by atoms with van der Waals surface area (Å²) in [5.41, 5.74) is -0.297. The van der Waals surface area contributed by atoms with E-state index in [4.69, 9.17) is 21.1 Å². The van der Waals surface area contributed by atoms with Crippen LogP contribution in [0.1, 0.15) is 5.56 Å². The molecule has 3 amide bonds. The van der Waals surface area contributed by atoms with Crippen molar-refractivity contribution in [2.24, 2.45) is 0 Å². The van der Waals surface area contributed by atoms with Crippen molar-refractivity contribution in [1.29, 1.82) is 0 Å². The third-order valence-electron chi connectivity index (χ3n) is 5.34. The summed E-state index contributed by atoms with van der Waals surface area (Å²) in [5.74, 6) is -0.976. The predicted molar refractivity (Wildman–Crippen MR) is 146 cm³/mol. The largest absolute Gasteiger partial charge is 0.495 e. The van der Waals surface area contributed by atoms with Gasteiger partial charge in [-0.2, -0.15) is 0 Å². The van der Waals surface area contributed by atoms with E-state index < -0.39 is 44.8 Å². The molecule has 0 radical (unpaired) electrons. The van der Waals surface area contributed by atoms with E-state index in [-0.39, 0.29) is 21.4 Å². The lowest BCUT2D eigenvalue weighted by molar-refractivity contribution is -0.394. The summed E-state index contributed by atoms with van der Waals surface area (Å²) in [5, 5.41) is 24.5. The third kappa shape index (κ3) is 6.36. The second kappa shape index (κ2) is 11.8. The number of hydrogen-bond acceptors (Lipinski definition) is 10. The molecule has 1 aliphatic heterocycles. The summed E-state index contributed by atoms with van der Waals surface area (Å²) in [4.78, 5) is 59.4. The first-order valence-corrected chi connectivity index (χ1v) is 12.3. The highest BCUT2D eigenvalue weighted by Crippen LogP contribution is 2.36. The fourth-order valence-corrected chi connectivity index (χ4v) is 4.62. The standard InChI is InChI=1S/C25H17ClN4O9S/c1-38-20-7-5-15(11-18(20)26)27-23(31)13-28-24(32)22(40-25(28)33)10-14-3-2-4-17(9-14)39-21-8-6-16(29(34)35)12-19(21)30(36)37/h2-12H,13H2,1H3,(H,27,31)/b22-10+. The van der Waals surface area contributed by atoms with Gasteiger partial charge < -0.3 is 14.8 Å². The van der Waals surface area contributed by atoms with Gasteiger partial charge in [0, 0.05) is 11.8 Å². The maximum Gasteiger partial charge on any atom is 0.318 e. The van der Waals surface area contributed by atoms with Crippen LogP contribution in [0.15, 0.2) is 65.6 Å². The van der Waals surface area contributed by atoms with Gasteiger partial charge in [0.15, 0.2) is 0 Å². The lowest BCUT2D eigenvalue weighted by Crippen LogP contribution is -2.36. The third-order valence-corrected chi connectivity index (χ3v) is 6.55. The van der Waals surface area contributed by atoms with Crippen LogP contribution in [0.2, 0.25) is 5.02 Å². The molecule has 1 saturated heterocycles. The van der Waals surface area contributed by atoms with E-state index in [1.54, 1.807) is 24.3 Å². The van der Waals surface area contributed by atoms with Crippen LogP contribution >= 0.6 is 23.4 Å². The van der Waals surface area contributed by atoms with Gasteiger partial charge >= 0.3 is 5.69 Å². The minimum Gasteiger partial charge on any atom is -0.495 e. The first kappa shape index (κ1) is 28.1. The number of methoxy groups -OCH3 is 1. The van der Waals surface area contributed by atoms with Crippen LogP contribution in [0.3, 0.4) is 0 Å². The maximum atomic E-state index is 12.9. The molecule has 4 rings (SSSR count). The molecule has 40 heavy (non-hydrogen) atoms. The van der Waals surface area contributed by atoms with Gasteiger partial charge in [-0.25, -0.2) is 0 Å². The number of thioether (sulfide) groups is 1. The molecule has 0 aliphatic carbocycles. The summed E-state index contributed by atoms with van der Waals surface area (Å²) in [6.45, 7) is -0.529. The zero-order chi connectivity index (χ0) is 29.0. The number of benzene rings is 3. The van der Waals surface area contributed by atoms with Crippen LogP contribution in [0.4, 0.5) is 21.9 Å². The first-order chi connectivity index (χ1) is 19.0. The van der Waals surface area contributed by atoms with E-state index in [9.17, 15) is 34.6 Å². The number of nitro groups is 2. The van der Waals surface area contributed by atoms with Crippen LogP contribution in [0, 0.1) is 20.2 Å². The Kier molecular flexibility index (Phi) is 8.31. The highest BCUT2D eigenvalue weighted by molar-refractivity contribution is 8.18. The van der Waals surface area contributed by atoms with Gasteiger partial charge in [-0.1, -0.05) is 23.7 Å². The van der Waals surface area contributed by atoms with E-state index in [0.29, 0.717) is 28.8 Å². The van der Waals surface area contributed by atoms with Crippen molar-refractivity contribution in [2.45, 2.75) is 0 Å². The number of hydrogen-bond donors (Lipinski definition) is 1. The van der Waals surface area contributed by atoms with Crippen molar-refractivity contribution >= 4 is 63.6 Å². The Morgan fingerprint density at radius 3 is 2.48 bits per heavy atom. The Balaban J connectivity index is 1.47. The second-order valence-corrected chi connectivity index (χ2v) is 9.41. The van der Waals surface area contributed by atoms with Crippen LogP contribution < -0.4 is 14.8 Å². The maximum absolute atomic E-state index is 12.9. The second-order valence-electron chi connectivity index (χ2n) is 8.01. The average molecular weight is 585 g/mol. The molecule has 0 saturated carbocycles. The molecule has 1 N–H and O–H groups in total.